The van der Waals surface area contributed by atoms with Crippen LogP contribution < -0.4 is 31.1 Å². The zero-order valence-electron chi connectivity index (χ0n) is 43.4. The molecule has 1 fully saturated rings. The SMILES string of the molecule is Cc1cc(C)c2c(c1)N(c1cc3c4c(c1)N(c1cccc5sc6ccccc6c15)c1cc(C(C)(C)C)ccc1B4c1ccc(C(C)(C)C)cc1N3c1cccc3oc4ccccc4c13)C1(C)CCCCC21C. The van der Waals surface area contributed by atoms with Crippen molar-refractivity contribution in [1.29, 1.82) is 0 Å². The van der Waals surface area contributed by atoms with E-state index in [9.17, 15) is 0 Å². The van der Waals surface area contributed by atoms with Gasteiger partial charge in [0.25, 0.3) is 6.71 Å². The van der Waals surface area contributed by atoms with Crippen molar-refractivity contribution in [3.05, 3.63) is 173 Å². The van der Waals surface area contributed by atoms with E-state index in [4.69, 9.17) is 4.42 Å². The normalized spacial score (nSPS) is 19.3. The lowest BCUT2D eigenvalue weighted by Crippen LogP contribution is -2.61. The van der Waals surface area contributed by atoms with Crippen LogP contribution in [0.2, 0.25) is 0 Å². The van der Waals surface area contributed by atoms with Crippen LogP contribution in [-0.2, 0) is 16.2 Å². The zero-order chi connectivity index (χ0) is 49.4. The summed E-state index contributed by atoms with van der Waals surface area (Å²) in [4.78, 5) is 8.19. The maximum Gasteiger partial charge on any atom is 0.252 e. The van der Waals surface area contributed by atoms with Crippen LogP contribution in [0.5, 0.6) is 0 Å². The first kappa shape index (κ1) is 44.0. The van der Waals surface area contributed by atoms with Crippen molar-refractivity contribution in [3.63, 3.8) is 0 Å². The summed E-state index contributed by atoms with van der Waals surface area (Å²) in [6, 6.07) is 56.4. The van der Waals surface area contributed by atoms with E-state index in [-0.39, 0.29) is 28.5 Å². The summed E-state index contributed by atoms with van der Waals surface area (Å²) < 4.78 is 9.37. The van der Waals surface area contributed by atoms with Crippen molar-refractivity contribution in [2.45, 2.75) is 117 Å². The molecule has 356 valence electrons. The van der Waals surface area contributed by atoms with Gasteiger partial charge >= 0.3 is 0 Å². The van der Waals surface area contributed by atoms with Gasteiger partial charge in [0.1, 0.15) is 11.2 Å². The zero-order valence-corrected chi connectivity index (χ0v) is 44.2. The fourth-order valence-corrected chi connectivity index (χ4v) is 15.3. The third-order valence-corrected chi connectivity index (χ3v) is 18.9. The standard InChI is InChI=1S/C66H62BN3OS/c1-39-33-40(2)61-52(34-39)70(66(10)32-16-15-31-65(61,66)9)43-37-53-62-54(38-43)69(49-22-18-26-58-60(49)45-20-12-14-25-57(45)72-58)51-36-42(64(6,7)8)28-30-47(51)67(62)46-29-27-41(63(3,4)5)35-50(46)68(53)48-21-17-24-56-59(48)44-19-11-13-23-55(44)71-56/h11-14,17-30,33-38H,15-16,31-32H2,1-10H3. The monoisotopic (exact) mass is 955 g/mol. The molecule has 4 aliphatic rings. The van der Waals surface area contributed by atoms with Gasteiger partial charge < -0.3 is 19.1 Å². The van der Waals surface area contributed by atoms with Crippen LogP contribution in [0, 0.1) is 13.8 Å². The highest BCUT2D eigenvalue weighted by Gasteiger charge is 2.59. The lowest BCUT2D eigenvalue weighted by atomic mass is 9.33. The second-order valence-corrected chi connectivity index (χ2v) is 25.3. The molecule has 2 unspecified atom stereocenters. The molecule has 0 radical (unpaired) electrons. The van der Waals surface area contributed by atoms with E-state index in [2.05, 4.69) is 230 Å². The van der Waals surface area contributed by atoms with Crippen molar-refractivity contribution in [3.8, 4) is 0 Å². The highest BCUT2D eigenvalue weighted by atomic mass is 32.1. The first-order valence-corrected chi connectivity index (χ1v) is 27.1. The number of anilines is 8. The first-order chi connectivity index (χ1) is 34.5. The molecule has 0 amide bonds. The number of hydrogen-bond acceptors (Lipinski definition) is 5. The van der Waals surface area contributed by atoms with Crippen molar-refractivity contribution in [2.24, 2.45) is 0 Å². The molecule has 1 aliphatic carbocycles. The summed E-state index contributed by atoms with van der Waals surface area (Å²) in [5.41, 5.74) is 22.3. The summed E-state index contributed by atoms with van der Waals surface area (Å²) in [5.74, 6) is 0. The Morgan fingerprint density at radius 2 is 1.11 bits per heavy atom. The van der Waals surface area contributed by atoms with Crippen molar-refractivity contribution < 1.29 is 4.42 Å². The second-order valence-electron chi connectivity index (χ2n) is 24.2. The molecule has 3 aliphatic heterocycles. The third kappa shape index (κ3) is 5.93. The highest BCUT2D eigenvalue weighted by Crippen LogP contribution is 2.63. The number of aryl methyl sites for hydroxylation is 2. The van der Waals surface area contributed by atoms with Gasteiger partial charge in [-0.25, -0.2) is 0 Å². The molecule has 0 spiro atoms. The fourth-order valence-electron chi connectivity index (χ4n) is 14.2. The lowest BCUT2D eigenvalue weighted by Gasteiger charge is -2.51. The van der Waals surface area contributed by atoms with Crippen LogP contribution in [0.1, 0.15) is 109 Å². The fraction of sp³-hybridized carbons (Fsp3) is 0.273. The number of hydrogen-bond donors (Lipinski definition) is 0. The molecule has 0 N–H and O–H groups in total. The molecule has 72 heavy (non-hydrogen) atoms. The van der Waals surface area contributed by atoms with Crippen LogP contribution in [0.4, 0.5) is 45.5 Å². The van der Waals surface area contributed by atoms with Gasteiger partial charge in [-0.1, -0.05) is 140 Å². The third-order valence-electron chi connectivity index (χ3n) is 17.8. The Kier molecular flexibility index (Phi) is 9.11. The van der Waals surface area contributed by atoms with Gasteiger partial charge in [0.05, 0.1) is 22.3 Å². The molecule has 0 saturated heterocycles. The molecule has 2 aromatic heterocycles. The van der Waals surface area contributed by atoms with Crippen LogP contribution in [-0.4, -0.2) is 12.3 Å². The topological polar surface area (TPSA) is 22.9 Å². The Morgan fingerprint density at radius 3 is 1.79 bits per heavy atom. The predicted octanol–water partition coefficient (Wildman–Crippen LogP) is 17.0. The number of fused-ring (bicyclic) bond motifs is 13. The van der Waals surface area contributed by atoms with Gasteiger partial charge in [0.15, 0.2) is 0 Å². The first-order valence-electron chi connectivity index (χ1n) is 26.3. The Bertz CT molecular complexity index is 3750. The van der Waals surface area contributed by atoms with E-state index in [0.29, 0.717) is 0 Å². The smallest absolute Gasteiger partial charge is 0.252 e. The molecule has 0 bridgehead atoms. The quantitative estimate of drug-likeness (QED) is 0.165. The van der Waals surface area contributed by atoms with Crippen LogP contribution in [0.15, 0.2) is 150 Å². The molecule has 14 rings (SSSR count). The minimum atomic E-state index is -0.162. The van der Waals surface area contributed by atoms with E-state index in [1.54, 1.807) is 0 Å². The lowest BCUT2D eigenvalue weighted by molar-refractivity contribution is 0.194. The van der Waals surface area contributed by atoms with Gasteiger partial charge in [-0.15, -0.1) is 11.3 Å². The minimum Gasteiger partial charge on any atom is -0.456 e. The van der Waals surface area contributed by atoms with Gasteiger partial charge in [-0.05, 0) is 155 Å². The average molecular weight is 956 g/mol. The summed E-state index contributed by atoms with van der Waals surface area (Å²) in [6.07, 6.45) is 4.74. The molecule has 1 saturated carbocycles. The maximum absolute atomic E-state index is 6.75. The molecule has 10 aromatic rings. The van der Waals surface area contributed by atoms with Crippen LogP contribution in [0.25, 0.3) is 42.1 Å². The van der Waals surface area contributed by atoms with E-state index in [1.807, 2.05) is 11.3 Å². The Labute approximate surface area is 429 Å². The summed E-state index contributed by atoms with van der Waals surface area (Å²) in [5, 5.41) is 4.88. The van der Waals surface area contributed by atoms with E-state index >= 15 is 0 Å². The van der Waals surface area contributed by atoms with Crippen molar-refractivity contribution >= 4 is 122 Å². The number of rotatable bonds is 3. The summed E-state index contributed by atoms with van der Waals surface area (Å²) in [6.45, 7) is 23.9. The minimum absolute atomic E-state index is 0.0294. The maximum atomic E-state index is 6.75. The van der Waals surface area contributed by atoms with Gasteiger partial charge in [-0.3, -0.25) is 0 Å². The predicted molar refractivity (Wildman–Crippen MR) is 310 cm³/mol. The molecular weight excluding hydrogens is 894 g/mol. The highest BCUT2D eigenvalue weighted by molar-refractivity contribution is 7.26. The molecule has 5 heterocycles. The Balaban J connectivity index is 1.17. The number of benzene rings is 8. The van der Waals surface area contributed by atoms with E-state index < -0.39 is 0 Å². The summed E-state index contributed by atoms with van der Waals surface area (Å²) in [7, 11) is 0. The molecule has 6 heteroatoms. The summed E-state index contributed by atoms with van der Waals surface area (Å²) >= 11 is 1.90. The van der Waals surface area contributed by atoms with Gasteiger partial charge in [0.2, 0.25) is 0 Å². The Morgan fingerprint density at radius 1 is 0.528 bits per heavy atom. The van der Waals surface area contributed by atoms with Gasteiger partial charge in [0, 0.05) is 65.1 Å². The number of nitrogens with zero attached hydrogens (tertiary/aromatic N) is 3. The van der Waals surface area contributed by atoms with Crippen LogP contribution in [0.3, 0.4) is 0 Å². The molecule has 8 aromatic carbocycles. The average Bonchev–Trinajstić information content (AvgIpc) is 3.99. The van der Waals surface area contributed by atoms with Gasteiger partial charge in [-0.2, -0.15) is 0 Å². The van der Waals surface area contributed by atoms with Crippen molar-refractivity contribution in [1.82, 2.24) is 0 Å². The van der Waals surface area contributed by atoms with Crippen LogP contribution >= 0.6 is 11.3 Å². The number of para-hydroxylation sites is 1. The molecule has 4 nitrogen and oxygen atoms in total. The van der Waals surface area contributed by atoms with Crippen molar-refractivity contribution in [2.75, 3.05) is 14.7 Å². The number of thiophene rings is 1. The van der Waals surface area contributed by atoms with E-state index in [1.165, 1.54) is 123 Å². The van der Waals surface area contributed by atoms with E-state index in [0.717, 1.165) is 34.0 Å². The second kappa shape index (κ2) is 14.9. The Hall–Kier alpha value is -6.76. The molecule has 2 atom stereocenters. The number of furan rings is 1. The molecular formula is C66H62BN3OS. The largest absolute Gasteiger partial charge is 0.456 e.